The van der Waals surface area contributed by atoms with E-state index in [2.05, 4.69) is 52.6 Å². The van der Waals surface area contributed by atoms with Gasteiger partial charge in [-0.2, -0.15) is 0 Å². The number of ether oxygens (including phenoxy) is 1. The van der Waals surface area contributed by atoms with E-state index >= 15 is 0 Å². The number of aliphatic imine (C=N–C) groups is 1. The molecule has 28 heavy (non-hydrogen) atoms. The summed E-state index contributed by atoms with van der Waals surface area (Å²) in [5.41, 5.74) is 3.67. The molecule has 1 saturated heterocycles. The molecular weight excluding hydrogens is 469 g/mol. The predicted octanol–water partition coefficient (Wildman–Crippen LogP) is 1.38. The quantitative estimate of drug-likeness (QED) is 0.335. The number of rotatable bonds is 7. The number of halogens is 1. The normalized spacial score (nSPS) is 14.9. The summed E-state index contributed by atoms with van der Waals surface area (Å²) < 4.78 is 5.38. The number of benzene rings is 1. The third-order valence-electron chi connectivity index (χ3n) is 4.64. The first-order valence-electron chi connectivity index (χ1n) is 9.54. The van der Waals surface area contributed by atoms with Crippen molar-refractivity contribution in [2.24, 2.45) is 4.99 Å². The van der Waals surface area contributed by atoms with E-state index in [1.54, 1.807) is 19.0 Å². The van der Waals surface area contributed by atoms with Gasteiger partial charge in [0.1, 0.15) is 0 Å². The summed E-state index contributed by atoms with van der Waals surface area (Å²) in [5, 5.41) is 6.49. The molecule has 0 aliphatic carbocycles. The Kier molecular flexibility index (Phi) is 11.4. The van der Waals surface area contributed by atoms with E-state index in [0.717, 1.165) is 39.4 Å². The second kappa shape index (κ2) is 12.9. The number of amides is 1. The minimum absolute atomic E-state index is 0. The van der Waals surface area contributed by atoms with Gasteiger partial charge in [-0.3, -0.25) is 9.69 Å². The molecule has 0 atom stereocenters. The molecule has 0 bridgehead atoms. The van der Waals surface area contributed by atoms with Gasteiger partial charge in [0.2, 0.25) is 5.91 Å². The molecule has 7 nitrogen and oxygen atoms in total. The number of aryl methyl sites for hydroxylation is 2. The molecule has 1 aromatic carbocycles. The molecule has 1 amide bonds. The van der Waals surface area contributed by atoms with Crippen molar-refractivity contribution in [1.82, 2.24) is 20.4 Å². The zero-order valence-electron chi connectivity index (χ0n) is 17.5. The lowest BCUT2D eigenvalue weighted by Crippen LogP contribution is -2.46. The molecule has 0 unspecified atom stereocenters. The van der Waals surface area contributed by atoms with Crippen molar-refractivity contribution in [2.75, 3.05) is 60.0 Å². The molecule has 2 N–H and O–H groups in total. The SMILES string of the molecule is Cc1ccc(CN=C(NCCN2CCOCC2)NCC(=O)N(C)C)c(C)c1.I. The molecule has 1 fully saturated rings. The molecule has 1 aliphatic heterocycles. The van der Waals surface area contributed by atoms with E-state index in [0.29, 0.717) is 12.5 Å². The van der Waals surface area contributed by atoms with Gasteiger partial charge in [0.05, 0.1) is 26.3 Å². The lowest BCUT2D eigenvalue weighted by atomic mass is 10.1. The standard InChI is InChI=1S/C20H33N5O2.HI/c1-16-5-6-18(17(2)13-16)14-22-20(23-15-19(26)24(3)4)21-7-8-25-9-11-27-12-10-25;/h5-6,13H,7-12,14-15H2,1-4H3,(H2,21,22,23);1H. The second-order valence-electron chi connectivity index (χ2n) is 7.12. The van der Waals surface area contributed by atoms with E-state index in [4.69, 9.17) is 4.74 Å². The average molecular weight is 503 g/mol. The van der Waals surface area contributed by atoms with Crippen molar-refractivity contribution in [3.63, 3.8) is 0 Å². The van der Waals surface area contributed by atoms with Crippen molar-refractivity contribution < 1.29 is 9.53 Å². The second-order valence-corrected chi connectivity index (χ2v) is 7.12. The Morgan fingerprint density at radius 1 is 1.21 bits per heavy atom. The molecule has 0 aromatic heterocycles. The Balaban J connectivity index is 0.00000392. The summed E-state index contributed by atoms with van der Waals surface area (Å²) in [6.45, 7) is 10.2. The van der Waals surface area contributed by atoms with Gasteiger partial charge in [0.25, 0.3) is 0 Å². The number of likely N-dealkylation sites (N-methyl/N-ethyl adjacent to an activating group) is 1. The van der Waals surface area contributed by atoms with Gasteiger partial charge in [0, 0.05) is 40.3 Å². The molecule has 8 heteroatoms. The molecule has 1 aromatic rings. The highest BCUT2D eigenvalue weighted by Crippen LogP contribution is 2.11. The summed E-state index contributed by atoms with van der Waals surface area (Å²) >= 11 is 0. The van der Waals surface area contributed by atoms with Crippen LogP contribution in [0.4, 0.5) is 0 Å². The van der Waals surface area contributed by atoms with Crippen molar-refractivity contribution >= 4 is 35.8 Å². The molecule has 1 aliphatic rings. The van der Waals surface area contributed by atoms with E-state index in [1.165, 1.54) is 16.7 Å². The van der Waals surface area contributed by atoms with Gasteiger partial charge in [-0.1, -0.05) is 23.8 Å². The fraction of sp³-hybridized carbons (Fsp3) is 0.600. The average Bonchev–Trinajstić information content (AvgIpc) is 2.65. The van der Waals surface area contributed by atoms with Crippen LogP contribution in [0.25, 0.3) is 0 Å². The number of carbonyl (C=O) groups is 1. The lowest BCUT2D eigenvalue weighted by molar-refractivity contribution is -0.127. The predicted molar refractivity (Wildman–Crippen MR) is 124 cm³/mol. The summed E-state index contributed by atoms with van der Waals surface area (Å²) in [7, 11) is 3.50. The van der Waals surface area contributed by atoms with Gasteiger partial charge >= 0.3 is 0 Å². The van der Waals surface area contributed by atoms with Crippen LogP contribution in [0, 0.1) is 13.8 Å². The molecule has 0 spiro atoms. The Bertz CT molecular complexity index is 645. The summed E-state index contributed by atoms with van der Waals surface area (Å²) in [6.07, 6.45) is 0. The number of nitrogens with one attached hydrogen (secondary N) is 2. The maximum atomic E-state index is 11.9. The first-order chi connectivity index (χ1) is 13.0. The molecule has 2 rings (SSSR count). The molecular formula is C20H34IN5O2. The van der Waals surface area contributed by atoms with Gasteiger partial charge < -0.3 is 20.3 Å². The third kappa shape index (κ3) is 8.74. The van der Waals surface area contributed by atoms with Crippen molar-refractivity contribution in [3.05, 3.63) is 34.9 Å². The topological polar surface area (TPSA) is 69.2 Å². The smallest absolute Gasteiger partial charge is 0.241 e. The largest absolute Gasteiger partial charge is 0.379 e. The monoisotopic (exact) mass is 503 g/mol. The van der Waals surface area contributed by atoms with E-state index in [1.807, 2.05) is 0 Å². The zero-order chi connectivity index (χ0) is 19.6. The zero-order valence-corrected chi connectivity index (χ0v) is 19.8. The van der Waals surface area contributed by atoms with Gasteiger partial charge in [-0.25, -0.2) is 4.99 Å². The first-order valence-corrected chi connectivity index (χ1v) is 9.54. The highest BCUT2D eigenvalue weighted by Gasteiger charge is 2.11. The summed E-state index contributed by atoms with van der Waals surface area (Å²) in [4.78, 5) is 20.5. The van der Waals surface area contributed by atoms with Crippen LogP contribution >= 0.6 is 24.0 Å². The van der Waals surface area contributed by atoms with Crippen LogP contribution in [-0.4, -0.2) is 81.7 Å². The number of morpholine rings is 1. The highest BCUT2D eigenvalue weighted by molar-refractivity contribution is 14.0. The molecule has 0 radical (unpaired) electrons. The fourth-order valence-corrected chi connectivity index (χ4v) is 2.84. The molecule has 158 valence electrons. The fourth-order valence-electron chi connectivity index (χ4n) is 2.84. The highest BCUT2D eigenvalue weighted by atomic mass is 127. The van der Waals surface area contributed by atoms with Crippen molar-refractivity contribution in [2.45, 2.75) is 20.4 Å². The Hall–Kier alpha value is -1.39. The summed E-state index contributed by atoms with van der Waals surface area (Å²) in [5.74, 6) is 0.683. The van der Waals surface area contributed by atoms with Crippen LogP contribution in [0.5, 0.6) is 0 Å². The third-order valence-corrected chi connectivity index (χ3v) is 4.64. The van der Waals surface area contributed by atoms with Crippen LogP contribution in [0.3, 0.4) is 0 Å². The molecule has 1 heterocycles. The Morgan fingerprint density at radius 2 is 1.93 bits per heavy atom. The number of hydrogen-bond donors (Lipinski definition) is 2. The van der Waals surface area contributed by atoms with Gasteiger partial charge in [-0.15, -0.1) is 24.0 Å². The van der Waals surface area contributed by atoms with Crippen LogP contribution in [0.1, 0.15) is 16.7 Å². The van der Waals surface area contributed by atoms with Crippen molar-refractivity contribution in [1.29, 1.82) is 0 Å². The van der Waals surface area contributed by atoms with Gasteiger partial charge in [-0.05, 0) is 25.0 Å². The molecule has 0 saturated carbocycles. The Morgan fingerprint density at radius 3 is 2.57 bits per heavy atom. The van der Waals surface area contributed by atoms with Crippen LogP contribution < -0.4 is 10.6 Å². The number of carbonyl (C=O) groups excluding carboxylic acids is 1. The lowest BCUT2D eigenvalue weighted by Gasteiger charge is -2.26. The minimum atomic E-state index is 0. The van der Waals surface area contributed by atoms with Crippen LogP contribution in [0.15, 0.2) is 23.2 Å². The number of guanidine groups is 1. The summed E-state index contributed by atoms with van der Waals surface area (Å²) in [6, 6.07) is 6.39. The maximum Gasteiger partial charge on any atom is 0.241 e. The first kappa shape index (κ1) is 24.6. The number of nitrogens with zero attached hydrogens (tertiary/aromatic N) is 3. The van der Waals surface area contributed by atoms with Crippen LogP contribution in [-0.2, 0) is 16.1 Å². The van der Waals surface area contributed by atoms with Crippen molar-refractivity contribution in [3.8, 4) is 0 Å². The van der Waals surface area contributed by atoms with E-state index < -0.39 is 0 Å². The van der Waals surface area contributed by atoms with Gasteiger partial charge in [0.15, 0.2) is 5.96 Å². The minimum Gasteiger partial charge on any atom is -0.379 e. The number of hydrogen-bond acceptors (Lipinski definition) is 4. The van der Waals surface area contributed by atoms with E-state index in [9.17, 15) is 4.79 Å². The van der Waals surface area contributed by atoms with E-state index in [-0.39, 0.29) is 36.4 Å². The van der Waals surface area contributed by atoms with Crippen LogP contribution in [0.2, 0.25) is 0 Å². The maximum absolute atomic E-state index is 11.9. The Labute approximate surface area is 185 Å².